The Bertz CT molecular complexity index is 722. The zero-order valence-electron chi connectivity index (χ0n) is 11.1. The van der Waals surface area contributed by atoms with Crippen LogP contribution < -0.4 is 0 Å². The Labute approximate surface area is 127 Å². The molecule has 1 aliphatic rings. The van der Waals surface area contributed by atoms with Gasteiger partial charge in [0.25, 0.3) is 10.0 Å². The van der Waals surface area contributed by atoms with E-state index in [1.54, 1.807) is 14.9 Å². The number of sulfonamides is 1. The molecule has 8 heteroatoms. The highest BCUT2D eigenvalue weighted by Gasteiger charge is 2.32. The molecule has 110 valence electrons. The third-order valence-corrected chi connectivity index (χ3v) is 6.79. The van der Waals surface area contributed by atoms with Gasteiger partial charge in [-0.1, -0.05) is 18.5 Å². The zero-order chi connectivity index (χ0) is 14.3. The van der Waals surface area contributed by atoms with Gasteiger partial charge in [0.15, 0.2) is 15.1 Å². The first kappa shape index (κ1) is 14.3. The quantitative estimate of drug-likeness (QED) is 0.849. The SMILES string of the molecule is CC1CCCN(S(=O)(=O)c2c(Cl)nc3sccn23)CC1. The number of halogens is 1. The predicted octanol–water partition coefficient (Wildman–Crippen LogP) is 2.86. The van der Waals surface area contributed by atoms with Gasteiger partial charge in [-0.05, 0) is 25.2 Å². The lowest BCUT2D eigenvalue weighted by Crippen LogP contribution is -2.33. The van der Waals surface area contributed by atoms with E-state index in [2.05, 4.69) is 11.9 Å². The fourth-order valence-electron chi connectivity index (χ4n) is 2.57. The highest BCUT2D eigenvalue weighted by molar-refractivity contribution is 7.89. The van der Waals surface area contributed by atoms with Crippen molar-refractivity contribution in [3.05, 3.63) is 16.7 Å². The maximum atomic E-state index is 12.8. The second-order valence-electron chi connectivity index (χ2n) is 5.20. The van der Waals surface area contributed by atoms with Crippen LogP contribution in [0.5, 0.6) is 0 Å². The Kier molecular flexibility index (Phi) is 3.79. The number of thiazole rings is 1. The minimum atomic E-state index is -3.58. The molecule has 2 aromatic rings. The molecule has 0 N–H and O–H groups in total. The molecule has 1 fully saturated rings. The fourth-order valence-corrected chi connectivity index (χ4v) is 5.47. The Morgan fingerprint density at radius 2 is 2.20 bits per heavy atom. The molecule has 0 saturated carbocycles. The van der Waals surface area contributed by atoms with Gasteiger partial charge in [0.2, 0.25) is 0 Å². The Balaban J connectivity index is 2.03. The normalized spacial score (nSPS) is 22.2. The predicted molar refractivity (Wildman–Crippen MR) is 79.9 cm³/mol. The first-order chi connectivity index (χ1) is 9.50. The summed E-state index contributed by atoms with van der Waals surface area (Å²) in [5.41, 5.74) is 0. The minimum Gasteiger partial charge on any atom is -0.279 e. The van der Waals surface area contributed by atoms with Crippen LogP contribution in [0, 0.1) is 5.92 Å². The van der Waals surface area contributed by atoms with E-state index in [4.69, 9.17) is 11.6 Å². The van der Waals surface area contributed by atoms with Gasteiger partial charge in [-0.25, -0.2) is 13.4 Å². The molecule has 5 nitrogen and oxygen atoms in total. The highest BCUT2D eigenvalue weighted by atomic mass is 35.5. The maximum Gasteiger partial charge on any atom is 0.262 e. The molecule has 0 amide bonds. The van der Waals surface area contributed by atoms with Gasteiger partial charge < -0.3 is 0 Å². The van der Waals surface area contributed by atoms with E-state index >= 15 is 0 Å². The summed E-state index contributed by atoms with van der Waals surface area (Å²) in [6, 6.07) is 0. The first-order valence-corrected chi connectivity index (χ1v) is 9.31. The summed E-state index contributed by atoms with van der Waals surface area (Å²) in [4.78, 5) is 4.72. The Morgan fingerprint density at radius 1 is 1.40 bits per heavy atom. The zero-order valence-corrected chi connectivity index (χ0v) is 13.5. The standard InChI is InChI=1S/C12H16ClN3O2S2/c1-9-3-2-5-15(6-4-9)20(17,18)11-10(13)14-12-16(11)7-8-19-12/h7-9H,2-6H2,1H3. The molecule has 0 bridgehead atoms. The highest BCUT2D eigenvalue weighted by Crippen LogP contribution is 2.29. The monoisotopic (exact) mass is 333 g/mol. The van der Waals surface area contributed by atoms with Gasteiger partial charge in [-0.15, -0.1) is 11.3 Å². The second kappa shape index (κ2) is 5.29. The summed E-state index contributed by atoms with van der Waals surface area (Å²) in [6.45, 7) is 3.27. The van der Waals surface area contributed by atoms with Crippen LogP contribution in [0.1, 0.15) is 26.2 Å². The smallest absolute Gasteiger partial charge is 0.262 e. The van der Waals surface area contributed by atoms with Gasteiger partial charge in [0.05, 0.1) is 0 Å². The van der Waals surface area contributed by atoms with Crippen LogP contribution in [0.4, 0.5) is 0 Å². The lowest BCUT2D eigenvalue weighted by atomic mass is 10.0. The average molecular weight is 334 g/mol. The summed E-state index contributed by atoms with van der Waals surface area (Å²) in [7, 11) is -3.58. The number of aromatic nitrogens is 2. The van der Waals surface area contributed by atoms with Crippen molar-refractivity contribution < 1.29 is 8.42 Å². The molecule has 1 aliphatic heterocycles. The molecular formula is C12H16ClN3O2S2. The van der Waals surface area contributed by atoms with E-state index in [0.29, 0.717) is 24.0 Å². The fraction of sp³-hybridized carbons (Fsp3) is 0.583. The molecule has 1 unspecified atom stereocenters. The van der Waals surface area contributed by atoms with Crippen molar-refractivity contribution in [1.82, 2.24) is 13.7 Å². The summed E-state index contributed by atoms with van der Waals surface area (Å²) < 4.78 is 28.8. The van der Waals surface area contributed by atoms with E-state index in [-0.39, 0.29) is 10.2 Å². The number of hydrogen-bond acceptors (Lipinski definition) is 4. The average Bonchev–Trinajstić information content (AvgIpc) is 2.83. The van der Waals surface area contributed by atoms with Crippen molar-refractivity contribution in [2.24, 2.45) is 5.92 Å². The second-order valence-corrected chi connectivity index (χ2v) is 8.29. The van der Waals surface area contributed by atoms with Gasteiger partial charge in [-0.2, -0.15) is 4.31 Å². The van der Waals surface area contributed by atoms with Crippen molar-refractivity contribution >= 4 is 37.9 Å². The van der Waals surface area contributed by atoms with Gasteiger partial charge in [0.1, 0.15) is 0 Å². The van der Waals surface area contributed by atoms with E-state index in [1.165, 1.54) is 11.3 Å². The van der Waals surface area contributed by atoms with Crippen LogP contribution in [0.2, 0.25) is 5.15 Å². The topological polar surface area (TPSA) is 54.7 Å². The van der Waals surface area contributed by atoms with Crippen LogP contribution in [-0.2, 0) is 10.0 Å². The summed E-state index contributed by atoms with van der Waals surface area (Å²) in [6.07, 6.45) is 4.55. The molecule has 3 rings (SSSR count). The number of imidazole rings is 1. The molecule has 2 aromatic heterocycles. The number of hydrogen-bond donors (Lipinski definition) is 0. The van der Waals surface area contributed by atoms with Crippen molar-refractivity contribution in [2.75, 3.05) is 13.1 Å². The third kappa shape index (κ3) is 2.36. The summed E-state index contributed by atoms with van der Waals surface area (Å²) in [5, 5.41) is 1.97. The molecular weight excluding hydrogens is 318 g/mol. The van der Waals surface area contributed by atoms with Crippen LogP contribution in [0.15, 0.2) is 16.6 Å². The molecule has 1 atom stereocenters. The van der Waals surface area contributed by atoms with Crippen molar-refractivity contribution in [2.45, 2.75) is 31.2 Å². The van der Waals surface area contributed by atoms with Gasteiger partial charge in [0, 0.05) is 24.7 Å². The van der Waals surface area contributed by atoms with E-state index in [1.807, 2.05) is 5.38 Å². The minimum absolute atomic E-state index is 0.0640. The summed E-state index contributed by atoms with van der Waals surface area (Å²) in [5.74, 6) is 0.567. The largest absolute Gasteiger partial charge is 0.279 e. The summed E-state index contributed by atoms with van der Waals surface area (Å²) >= 11 is 7.43. The van der Waals surface area contributed by atoms with Crippen LogP contribution in [-0.4, -0.2) is 35.2 Å². The van der Waals surface area contributed by atoms with E-state index in [0.717, 1.165) is 19.3 Å². The lowest BCUT2D eigenvalue weighted by molar-refractivity contribution is 0.414. The van der Waals surface area contributed by atoms with Gasteiger partial charge in [-0.3, -0.25) is 4.40 Å². The first-order valence-electron chi connectivity index (χ1n) is 6.61. The lowest BCUT2D eigenvalue weighted by Gasteiger charge is -2.19. The Morgan fingerprint density at radius 3 is 3.00 bits per heavy atom. The van der Waals surface area contributed by atoms with Gasteiger partial charge >= 0.3 is 0 Å². The molecule has 0 spiro atoms. The van der Waals surface area contributed by atoms with E-state index < -0.39 is 10.0 Å². The maximum absolute atomic E-state index is 12.8. The number of rotatable bonds is 2. The van der Waals surface area contributed by atoms with Crippen LogP contribution >= 0.6 is 22.9 Å². The molecule has 1 saturated heterocycles. The number of nitrogens with zero attached hydrogens (tertiary/aromatic N) is 3. The van der Waals surface area contributed by atoms with E-state index in [9.17, 15) is 8.42 Å². The molecule has 0 aliphatic carbocycles. The van der Waals surface area contributed by atoms with Crippen LogP contribution in [0.3, 0.4) is 0 Å². The van der Waals surface area contributed by atoms with Crippen molar-refractivity contribution in [3.63, 3.8) is 0 Å². The molecule has 20 heavy (non-hydrogen) atoms. The van der Waals surface area contributed by atoms with Crippen molar-refractivity contribution in [1.29, 1.82) is 0 Å². The number of fused-ring (bicyclic) bond motifs is 1. The Hall–Kier alpha value is -0.630. The molecule has 0 radical (unpaired) electrons. The van der Waals surface area contributed by atoms with Crippen molar-refractivity contribution in [3.8, 4) is 0 Å². The molecule has 3 heterocycles. The van der Waals surface area contributed by atoms with Crippen LogP contribution in [0.25, 0.3) is 4.96 Å². The molecule has 0 aromatic carbocycles. The third-order valence-electron chi connectivity index (χ3n) is 3.74.